The summed E-state index contributed by atoms with van der Waals surface area (Å²) in [6.45, 7) is 2.26. The van der Waals surface area contributed by atoms with Crippen LogP contribution in [0.15, 0.2) is 0 Å². The fourth-order valence-electron chi connectivity index (χ4n) is 2.55. The number of ether oxygens (including phenoxy) is 1. The highest BCUT2D eigenvalue weighted by Gasteiger charge is 2.42. The molecule has 1 aliphatic carbocycles. The number of rotatable bonds is 10. The van der Waals surface area contributed by atoms with Crippen molar-refractivity contribution in [2.24, 2.45) is 11.8 Å². The Morgan fingerprint density at radius 3 is 2.24 bits per heavy atom. The molecule has 0 aromatic heterocycles. The van der Waals surface area contributed by atoms with E-state index >= 15 is 0 Å². The Morgan fingerprint density at radius 1 is 1.06 bits per heavy atom. The molecule has 0 aliphatic heterocycles. The fourth-order valence-corrected chi connectivity index (χ4v) is 2.55. The van der Waals surface area contributed by atoms with E-state index in [0.29, 0.717) is 5.92 Å². The van der Waals surface area contributed by atoms with E-state index in [1.54, 1.807) is 0 Å². The van der Waals surface area contributed by atoms with Crippen LogP contribution in [-0.2, 0) is 9.53 Å². The Morgan fingerprint density at radius 2 is 1.65 bits per heavy atom. The molecule has 0 radical (unpaired) electrons. The van der Waals surface area contributed by atoms with Gasteiger partial charge in [-0.05, 0) is 18.8 Å². The third kappa shape index (κ3) is 6.09. The molecule has 17 heavy (non-hydrogen) atoms. The van der Waals surface area contributed by atoms with Crippen LogP contribution in [0.1, 0.15) is 71.1 Å². The summed E-state index contributed by atoms with van der Waals surface area (Å²) >= 11 is 0. The van der Waals surface area contributed by atoms with Crippen LogP contribution in [0.25, 0.3) is 0 Å². The first-order valence-corrected chi connectivity index (χ1v) is 7.37. The predicted molar refractivity (Wildman–Crippen MR) is 70.8 cm³/mol. The molecular formula is C15H28O2. The predicted octanol–water partition coefficient (Wildman–Crippen LogP) is 4.33. The Balaban J connectivity index is 1.81. The van der Waals surface area contributed by atoms with Crippen LogP contribution in [-0.4, -0.2) is 13.1 Å². The van der Waals surface area contributed by atoms with E-state index < -0.39 is 0 Å². The summed E-state index contributed by atoms with van der Waals surface area (Å²) < 4.78 is 4.75. The Bertz CT molecular complexity index is 213. The summed E-state index contributed by atoms with van der Waals surface area (Å²) in [4.78, 5) is 11.2. The minimum Gasteiger partial charge on any atom is -0.469 e. The molecule has 100 valence electrons. The van der Waals surface area contributed by atoms with Gasteiger partial charge in [0.2, 0.25) is 0 Å². The largest absolute Gasteiger partial charge is 0.469 e. The van der Waals surface area contributed by atoms with Gasteiger partial charge in [-0.15, -0.1) is 0 Å². The summed E-state index contributed by atoms with van der Waals surface area (Å²) in [6, 6.07) is 0. The van der Waals surface area contributed by atoms with Crippen molar-refractivity contribution in [3.05, 3.63) is 0 Å². The lowest BCUT2D eigenvalue weighted by Crippen LogP contribution is -2.04. The molecule has 2 atom stereocenters. The first-order valence-electron chi connectivity index (χ1n) is 7.37. The molecule has 1 rings (SSSR count). The summed E-state index contributed by atoms with van der Waals surface area (Å²) in [6.07, 6.45) is 13.2. The monoisotopic (exact) mass is 240 g/mol. The molecule has 2 nitrogen and oxygen atoms in total. The minimum atomic E-state index is 0.00886. The second-order valence-electron chi connectivity index (χ2n) is 5.39. The molecular weight excluding hydrogens is 212 g/mol. The van der Waals surface area contributed by atoms with Crippen molar-refractivity contribution in [3.63, 3.8) is 0 Å². The molecule has 1 saturated carbocycles. The summed E-state index contributed by atoms with van der Waals surface area (Å²) in [5.41, 5.74) is 0. The van der Waals surface area contributed by atoms with Crippen molar-refractivity contribution in [2.45, 2.75) is 71.1 Å². The highest BCUT2D eigenvalue weighted by molar-refractivity contribution is 5.75. The maximum absolute atomic E-state index is 11.2. The zero-order valence-corrected chi connectivity index (χ0v) is 11.5. The number of hydrogen-bond donors (Lipinski definition) is 0. The van der Waals surface area contributed by atoms with Crippen LogP contribution in [0.5, 0.6) is 0 Å². The van der Waals surface area contributed by atoms with Gasteiger partial charge in [0.1, 0.15) is 0 Å². The van der Waals surface area contributed by atoms with Gasteiger partial charge < -0.3 is 4.74 Å². The van der Waals surface area contributed by atoms with Gasteiger partial charge in [0.15, 0.2) is 0 Å². The molecule has 1 aliphatic rings. The number of carbonyl (C=O) groups is 1. The van der Waals surface area contributed by atoms with E-state index in [4.69, 9.17) is 4.74 Å². The Hall–Kier alpha value is -0.530. The molecule has 0 saturated heterocycles. The lowest BCUT2D eigenvalue weighted by atomic mass is 10.1. The molecule has 0 amide bonds. The molecule has 0 aromatic carbocycles. The van der Waals surface area contributed by atoms with Crippen molar-refractivity contribution < 1.29 is 9.53 Å². The van der Waals surface area contributed by atoms with Gasteiger partial charge in [-0.25, -0.2) is 0 Å². The molecule has 0 spiro atoms. The smallest absolute Gasteiger partial charge is 0.308 e. The normalized spacial score (nSPS) is 22.5. The van der Waals surface area contributed by atoms with E-state index in [0.717, 1.165) is 6.42 Å². The first kappa shape index (κ1) is 14.5. The van der Waals surface area contributed by atoms with E-state index in [1.165, 1.54) is 64.9 Å². The zero-order chi connectivity index (χ0) is 12.5. The average molecular weight is 240 g/mol. The molecule has 0 heterocycles. The summed E-state index contributed by atoms with van der Waals surface area (Å²) in [7, 11) is 1.49. The lowest BCUT2D eigenvalue weighted by Gasteiger charge is -2.01. The van der Waals surface area contributed by atoms with Crippen molar-refractivity contribution in [1.29, 1.82) is 0 Å². The van der Waals surface area contributed by atoms with Crippen molar-refractivity contribution >= 4 is 5.97 Å². The number of carbonyl (C=O) groups excluding carboxylic acids is 1. The van der Waals surface area contributed by atoms with Gasteiger partial charge in [-0.2, -0.15) is 0 Å². The second-order valence-corrected chi connectivity index (χ2v) is 5.39. The number of hydrogen-bond acceptors (Lipinski definition) is 2. The SMILES string of the molecule is CCCCCCCCCC[C@@H]1C[C@H]1C(=O)OC. The summed E-state index contributed by atoms with van der Waals surface area (Å²) in [5, 5.41) is 0. The van der Waals surface area contributed by atoms with E-state index in [1.807, 2.05) is 0 Å². The highest BCUT2D eigenvalue weighted by Crippen LogP contribution is 2.43. The molecule has 0 N–H and O–H groups in total. The average Bonchev–Trinajstić information content (AvgIpc) is 3.11. The topological polar surface area (TPSA) is 26.3 Å². The van der Waals surface area contributed by atoms with Gasteiger partial charge in [0, 0.05) is 0 Å². The fraction of sp³-hybridized carbons (Fsp3) is 0.933. The number of methoxy groups -OCH3 is 1. The van der Waals surface area contributed by atoms with Crippen molar-refractivity contribution in [2.75, 3.05) is 7.11 Å². The lowest BCUT2D eigenvalue weighted by molar-refractivity contribution is -0.142. The van der Waals surface area contributed by atoms with Crippen LogP contribution in [0.2, 0.25) is 0 Å². The Kier molecular flexibility index (Phi) is 7.30. The van der Waals surface area contributed by atoms with Gasteiger partial charge in [-0.3, -0.25) is 4.79 Å². The van der Waals surface area contributed by atoms with Crippen molar-refractivity contribution in [1.82, 2.24) is 0 Å². The highest BCUT2D eigenvalue weighted by atomic mass is 16.5. The third-order valence-electron chi connectivity index (χ3n) is 3.85. The molecule has 0 bridgehead atoms. The van der Waals surface area contributed by atoms with Crippen LogP contribution in [0.3, 0.4) is 0 Å². The van der Waals surface area contributed by atoms with E-state index in [9.17, 15) is 4.79 Å². The minimum absolute atomic E-state index is 0.00886. The number of esters is 1. The first-order chi connectivity index (χ1) is 8.29. The van der Waals surface area contributed by atoms with Crippen molar-refractivity contribution in [3.8, 4) is 0 Å². The second kappa shape index (κ2) is 8.54. The van der Waals surface area contributed by atoms with Gasteiger partial charge in [0.05, 0.1) is 13.0 Å². The number of unbranched alkanes of at least 4 members (excludes halogenated alkanes) is 7. The molecule has 1 fully saturated rings. The third-order valence-corrected chi connectivity index (χ3v) is 3.85. The standard InChI is InChI=1S/C15H28O2/c1-3-4-5-6-7-8-9-10-11-13-12-14(13)15(16)17-2/h13-14H,3-12H2,1-2H3/t13-,14-/m1/s1. The summed E-state index contributed by atoms with van der Waals surface area (Å²) in [5.74, 6) is 0.890. The van der Waals surface area contributed by atoms with E-state index in [2.05, 4.69) is 6.92 Å². The molecule has 0 unspecified atom stereocenters. The maximum Gasteiger partial charge on any atom is 0.308 e. The van der Waals surface area contributed by atoms with Crippen LogP contribution < -0.4 is 0 Å². The van der Waals surface area contributed by atoms with Crippen LogP contribution >= 0.6 is 0 Å². The van der Waals surface area contributed by atoms with Crippen LogP contribution in [0, 0.1) is 11.8 Å². The molecule has 2 heteroatoms. The molecule has 0 aromatic rings. The van der Waals surface area contributed by atoms with Gasteiger partial charge in [-0.1, -0.05) is 58.3 Å². The zero-order valence-electron chi connectivity index (χ0n) is 11.5. The van der Waals surface area contributed by atoms with Gasteiger partial charge >= 0.3 is 5.97 Å². The van der Waals surface area contributed by atoms with Crippen LogP contribution in [0.4, 0.5) is 0 Å². The van der Waals surface area contributed by atoms with E-state index in [-0.39, 0.29) is 11.9 Å². The quantitative estimate of drug-likeness (QED) is 0.420. The maximum atomic E-state index is 11.2. The Labute approximate surface area is 106 Å². The van der Waals surface area contributed by atoms with Gasteiger partial charge in [0.25, 0.3) is 0 Å².